The van der Waals surface area contributed by atoms with Crippen molar-refractivity contribution in [1.29, 1.82) is 0 Å². The molecule has 2 rings (SSSR count). The summed E-state index contributed by atoms with van der Waals surface area (Å²) in [5, 5.41) is 0. The largest absolute Gasteiger partial charge is 0.165 e. The molecule has 0 aromatic rings. The molecule has 0 aliphatic heterocycles. The van der Waals surface area contributed by atoms with Crippen molar-refractivity contribution in [2.24, 2.45) is 35.5 Å². The van der Waals surface area contributed by atoms with Gasteiger partial charge in [-0.1, -0.05) is 77.0 Å². The molecule has 0 aromatic heterocycles. The molecule has 0 radical (unpaired) electrons. The lowest BCUT2D eigenvalue weighted by molar-refractivity contribution is 0.169. The maximum absolute atomic E-state index is 2.32. The van der Waals surface area contributed by atoms with Gasteiger partial charge in [-0.2, -0.15) is 118 Å². The van der Waals surface area contributed by atoms with E-state index < -0.39 is 0 Å². The zero-order valence-electron chi connectivity index (χ0n) is 45.5. The average molecular weight is 1130 g/mol. The highest BCUT2D eigenvalue weighted by Gasteiger charge is 2.31. The Balaban J connectivity index is 1.63. The summed E-state index contributed by atoms with van der Waals surface area (Å²) in [7, 11) is 0. The Labute approximate surface area is 471 Å². The van der Waals surface area contributed by atoms with Crippen LogP contribution >= 0.6 is 118 Å². The van der Waals surface area contributed by atoms with E-state index in [9.17, 15) is 0 Å². The summed E-state index contributed by atoms with van der Waals surface area (Å²) in [6.45, 7) is 0. The van der Waals surface area contributed by atoms with E-state index in [0.29, 0.717) is 0 Å². The first-order valence-corrected chi connectivity index (χ1v) is 41.6. The quantitative estimate of drug-likeness (QED) is 0.0538. The molecule has 10 heteroatoms. The second kappa shape index (κ2) is 53.9. The van der Waals surface area contributed by atoms with E-state index in [1.807, 2.05) is 47.0 Å². The molecule has 0 amide bonds. The average Bonchev–Trinajstić information content (AvgIpc) is 3.35. The first-order chi connectivity index (χ1) is 33.7. The Morgan fingerprint density at radius 2 is 0.441 bits per heavy atom. The summed E-state index contributed by atoms with van der Waals surface area (Å²) >= 11 is 21.8. The smallest absolute Gasteiger partial charge is 0.00648 e. The van der Waals surface area contributed by atoms with Crippen LogP contribution in [0.15, 0.2) is 0 Å². The van der Waals surface area contributed by atoms with Gasteiger partial charge in [0.05, 0.1) is 0 Å². The standard InChI is InChI=1S/C58H114S10/c1-59-35-15-5-9-19-39-63-45-29-53-25-27-55(31-47-65-41-21-11-7-17-37-61-3)57(51-53)33-49-67-43-23-13-14-24-44-68-50-34-58-52-54(30-46-64-40-20-10-6-16-36-60-2)26-28-56(58)32-48-66-42-22-12-8-18-38-62-4/h53-58H,5-52H2,1-4H3. The highest BCUT2D eigenvalue weighted by atomic mass is 32.2. The van der Waals surface area contributed by atoms with Crippen molar-refractivity contribution >= 4 is 118 Å². The van der Waals surface area contributed by atoms with Crippen LogP contribution in [0.3, 0.4) is 0 Å². The van der Waals surface area contributed by atoms with Gasteiger partial charge in [-0.25, -0.2) is 0 Å². The van der Waals surface area contributed by atoms with Crippen LogP contribution in [0.5, 0.6) is 0 Å². The highest BCUT2D eigenvalue weighted by Crippen LogP contribution is 2.42. The normalized spacial score (nSPS) is 21.0. The van der Waals surface area contributed by atoms with Crippen molar-refractivity contribution in [3.05, 3.63) is 0 Å². The highest BCUT2D eigenvalue weighted by molar-refractivity contribution is 8.00. The van der Waals surface area contributed by atoms with E-state index in [-0.39, 0.29) is 0 Å². The Morgan fingerprint density at radius 1 is 0.221 bits per heavy atom. The van der Waals surface area contributed by atoms with Gasteiger partial charge in [0.1, 0.15) is 0 Å². The van der Waals surface area contributed by atoms with Gasteiger partial charge in [0.15, 0.2) is 0 Å². The Morgan fingerprint density at radius 3 is 0.691 bits per heavy atom. The van der Waals surface area contributed by atoms with Gasteiger partial charge in [-0.15, -0.1) is 0 Å². The molecule has 0 bridgehead atoms. The maximum Gasteiger partial charge on any atom is -0.00648 e. The van der Waals surface area contributed by atoms with E-state index in [2.05, 4.69) is 95.6 Å². The van der Waals surface area contributed by atoms with E-state index in [1.165, 1.54) is 285 Å². The third-order valence-electron chi connectivity index (χ3n) is 15.2. The minimum Gasteiger partial charge on any atom is -0.165 e. The lowest BCUT2D eigenvalue weighted by Crippen LogP contribution is -2.26. The molecule has 406 valence electrons. The van der Waals surface area contributed by atoms with Crippen LogP contribution in [0.4, 0.5) is 0 Å². The first-order valence-electron chi connectivity index (χ1n) is 29.1. The van der Waals surface area contributed by atoms with Gasteiger partial charge < -0.3 is 0 Å². The van der Waals surface area contributed by atoms with Gasteiger partial charge in [-0.05, 0) is 281 Å². The predicted molar refractivity (Wildman–Crippen MR) is 346 cm³/mol. The van der Waals surface area contributed by atoms with Crippen molar-refractivity contribution in [2.75, 3.05) is 117 Å². The number of unbranched alkanes of at least 4 members (excludes halogenated alkanes) is 15. The molecule has 6 atom stereocenters. The molecular weight excluding hydrogens is 1020 g/mol. The fraction of sp³-hybridized carbons (Fsp3) is 1.00. The molecule has 0 nitrogen and oxygen atoms in total. The molecule has 2 aliphatic rings. The van der Waals surface area contributed by atoms with Crippen molar-refractivity contribution in [1.82, 2.24) is 0 Å². The number of hydrogen-bond donors (Lipinski definition) is 0. The van der Waals surface area contributed by atoms with Crippen LogP contribution in [-0.4, -0.2) is 117 Å². The van der Waals surface area contributed by atoms with Crippen molar-refractivity contribution < 1.29 is 0 Å². The topological polar surface area (TPSA) is 0 Å². The van der Waals surface area contributed by atoms with Crippen molar-refractivity contribution in [3.8, 4) is 0 Å². The SMILES string of the molecule is CSCCCCCCSCCC1CCC(CCSCCCCCCSC)C(CCSCCCCCCSCCC2CC(CCSCCCCCCSC)CCC2CCSCCCCCCSC)C1. The zero-order valence-corrected chi connectivity index (χ0v) is 53.7. The van der Waals surface area contributed by atoms with Crippen LogP contribution in [0, 0.1) is 35.5 Å². The first kappa shape index (κ1) is 67.6. The number of hydrogen-bond acceptors (Lipinski definition) is 10. The van der Waals surface area contributed by atoms with Crippen molar-refractivity contribution in [3.63, 3.8) is 0 Å². The Kier molecular flexibility index (Phi) is 53.6. The fourth-order valence-corrected chi connectivity index (χ4v) is 19.4. The van der Waals surface area contributed by atoms with E-state index in [4.69, 9.17) is 0 Å². The van der Waals surface area contributed by atoms with Gasteiger partial charge in [0.2, 0.25) is 0 Å². The molecule has 2 fully saturated rings. The lowest BCUT2D eigenvalue weighted by Gasteiger charge is -2.36. The van der Waals surface area contributed by atoms with Crippen LogP contribution < -0.4 is 0 Å². The monoisotopic (exact) mass is 1130 g/mol. The second-order valence-corrected chi connectivity index (χ2v) is 32.1. The van der Waals surface area contributed by atoms with E-state index in [0.717, 1.165) is 35.5 Å². The second-order valence-electron chi connectivity index (χ2n) is 20.8. The number of rotatable bonds is 53. The summed E-state index contributed by atoms with van der Waals surface area (Å²) in [6, 6.07) is 0. The van der Waals surface area contributed by atoms with Crippen LogP contribution in [0.1, 0.15) is 205 Å². The summed E-state index contributed by atoms with van der Waals surface area (Å²) < 4.78 is 0. The van der Waals surface area contributed by atoms with Crippen molar-refractivity contribution in [2.45, 2.75) is 205 Å². The molecule has 0 spiro atoms. The Bertz CT molecular complexity index is 915. The maximum atomic E-state index is 2.32. The molecule has 0 aromatic carbocycles. The summed E-state index contributed by atoms with van der Waals surface area (Å²) in [5.41, 5.74) is 0. The lowest BCUT2D eigenvalue weighted by atomic mass is 9.71. The molecule has 6 unspecified atom stereocenters. The number of thioether (sulfide) groups is 10. The van der Waals surface area contributed by atoms with Gasteiger partial charge in [-0.3, -0.25) is 0 Å². The molecule has 0 heterocycles. The third kappa shape index (κ3) is 41.6. The van der Waals surface area contributed by atoms with E-state index >= 15 is 0 Å². The predicted octanol–water partition coefficient (Wildman–Crippen LogP) is 21.0. The summed E-state index contributed by atoms with van der Waals surface area (Å²) in [5.74, 6) is 28.5. The van der Waals surface area contributed by atoms with Crippen LogP contribution in [0.25, 0.3) is 0 Å². The summed E-state index contributed by atoms with van der Waals surface area (Å²) in [4.78, 5) is 0. The fourth-order valence-electron chi connectivity index (χ4n) is 10.9. The third-order valence-corrected chi connectivity index (χ3v) is 24.6. The summed E-state index contributed by atoms with van der Waals surface area (Å²) in [6.07, 6.45) is 56.1. The van der Waals surface area contributed by atoms with Gasteiger partial charge in [0.25, 0.3) is 0 Å². The molecule has 0 N–H and O–H groups in total. The Hall–Kier alpha value is 3.50. The zero-order chi connectivity index (χ0) is 48.5. The molecule has 68 heavy (non-hydrogen) atoms. The van der Waals surface area contributed by atoms with Gasteiger partial charge in [0, 0.05) is 0 Å². The van der Waals surface area contributed by atoms with Crippen LogP contribution in [0.2, 0.25) is 0 Å². The van der Waals surface area contributed by atoms with E-state index in [1.54, 1.807) is 12.8 Å². The van der Waals surface area contributed by atoms with Crippen LogP contribution in [-0.2, 0) is 0 Å². The molecule has 2 saturated carbocycles. The van der Waals surface area contributed by atoms with Gasteiger partial charge >= 0.3 is 0 Å². The molecule has 2 aliphatic carbocycles. The molecule has 0 saturated heterocycles. The molecular formula is C58H114S10. The minimum absolute atomic E-state index is 1.01. The minimum atomic E-state index is 1.01.